The van der Waals surface area contributed by atoms with Crippen LogP contribution in [0.25, 0.3) is 6.08 Å². The van der Waals surface area contributed by atoms with Gasteiger partial charge in [0, 0.05) is 5.69 Å². The van der Waals surface area contributed by atoms with Gasteiger partial charge in [-0.15, -0.1) is 0 Å². The molecule has 0 spiro atoms. The summed E-state index contributed by atoms with van der Waals surface area (Å²) in [6, 6.07) is 17.3. The van der Waals surface area contributed by atoms with Gasteiger partial charge in [0.15, 0.2) is 0 Å². The summed E-state index contributed by atoms with van der Waals surface area (Å²) in [6.45, 7) is 1.82. The van der Waals surface area contributed by atoms with Crippen molar-refractivity contribution in [3.63, 3.8) is 0 Å². The zero-order valence-electron chi connectivity index (χ0n) is 19.0. The van der Waals surface area contributed by atoms with E-state index in [1.165, 1.54) is 0 Å². The summed E-state index contributed by atoms with van der Waals surface area (Å²) >= 11 is 14.1. The van der Waals surface area contributed by atoms with Crippen LogP contribution in [0.3, 0.4) is 0 Å². The number of carbonyl (C=O) groups excluding carboxylic acids is 3. The second-order valence-electron chi connectivity index (χ2n) is 8.02. The van der Waals surface area contributed by atoms with Crippen LogP contribution in [0.2, 0.25) is 10.0 Å². The number of carbonyl (C=O) groups is 3. The molecule has 1 aliphatic rings. The van der Waals surface area contributed by atoms with E-state index >= 15 is 0 Å². The van der Waals surface area contributed by atoms with Crippen molar-refractivity contribution in [3.8, 4) is 5.75 Å². The Morgan fingerprint density at radius 2 is 1.89 bits per heavy atom. The first-order chi connectivity index (χ1) is 17.2. The second kappa shape index (κ2) is 11.3. The smallest absolute Gasteiger partial charge is 0.329 e. The maximum atomic E-state index is 12.8. The molecule has 10 heteroatoms. The minimum atomic E-state index is -0.651. The van der Waals surface area contributed by atoms with E-state index in [0.29, 0.717) is 33.7 Å². The van der Waals surface area contributed by atoms with Crippen LogP contribution in [-0.2, 0) is 16.2 Å². The number of nitrogens with one attached hydrogen (secondary N) is 2. The molecule has 3 aromatic rings. The normalized spacial score (nSPS) is 14.2. The quantitative estimate of drug-likeness (QED) is 0.189. The zero-order valence-corrected chi connectivity index (χ0v) is 22.6. The van der Waals surface area contributed by atoms with Crippen LogP contribution in [0.4, 0.5) is 10.5 Å². The Bertz CT molecular complexity index is 1390. The summed E-state index contributed by atoms with van der Waals surface area (Å²) in [6.07, 6.45) is 1.56. The summed E-state index contributed by atoms with van der Waals surface area (Å²) in [7, 11) is 0. The van der Waals surface area contributed by atoms with Crippen molar-refractivity contribution in [1.82, 2.24) is 10.2 Å². The van der Waals surface area contributed by atoms with Crippen LogP contribution >= 0.6 is 45.8 Å². The fourth-order valence-corrected chi connectivity index (χ4v) is 4.48. The van der Waals surface area contributed by atoms with E-state index in [1.54, 1.807) is 42.5 Å². The van der Waals surface area contributed by atoms with E-state index < -0.39 is 24.4 Å². The van der Waals surface area contributed by atoms with Gasteiger partial charge in [-0.2, -0.15) is 0 Å². The average molecular weight is 636 g/mol. The molecule has 0 saturated carbocycles. The summed E-state index contributed by atoms with van der Waals surface area (Å²) in [4.78, 5) is 38.4. The lowest BCUT2D eigenvalue weighted by Gasteiger charge is -2.12. The summed E-state index contributed by atoms with van der Waals surface area (Å²) in [5, 5.41) is 6.17. The lowest BCUT2D eigenvalue weighted by atomic mass is 10.2. The monoisotopic (exact) mass is 635 g/mol. The Balaban J connectivity index is 1.40. The molecule has 0 unspecified atom stereocenters. The van der Waals surface area contributed by atoms with E-state index in [2.05, 4.69) is 33.2 Å². The number of benzene rings is 3. The molecule has 2 N–H and O–H groups in total. The molecule has 7 nitrogen and oxygen atoms in total. The Morgan fingerprint density at radius 1 is 1.08 bits per heavy atom. The number of halogens is 3. The number of anilines is 1. The Morgan fingerprint density at radius 3 is 2.61 bits per heavy atom. The first-order valence-electron chi connectivity index (χ1n) is 10.8. The SMILES string of the molecule is Cc1cccc(NC(=O)CN2C(=O)N/C(=C/c3ccc(OCc4ccc(Cl)c(Cl)c4)c(I)c3)C2=O)c1. The number of hydrogen-bond donors (Lipinski definition) is 2. The fourth-order valence-electron chi connectivity index (χ4n) is 3.46. The van der Waals surface area contributed by atoms with E-state index in [9.17, 15) is 14.4 Å². The van der Waals surface area contributed by atoms with Gasteiger partial charge < -0.3 is 15.4 Å². The maximum absolute atomic E-state index is 12.8. The average Bonchev–Trinajstić information content (AvgIpc) is 3.08. The van der Waals surface area contributed by atoms with Gasteiger partial charge in [0.1, 0.15) is 24.6 Å². The highest BCUT2D eigenvalue weighted by molar-refractivity contribution is 14.1. The van der Waals surface area contributed by atoms with Gasteiger partial charge >= 0.3 is 6.03 Å². The Hall–Kier alpha value is -3.08. The van der Waals surface area contributed by atoms with Gasteiger partial charge in [-0.05, 0) is 88.7 Å². The largest absolute Gasteiger partial charge is 0.488 e. The molecule has 0 aromatic heterocycles. The molecule has 0 atom stereocenters. The molecular weight excluding hydrogens is 616 g/mol. The number of aryl methyl sites for hydroxylation is 1. The van der Waals surface area contributed by atoms with Crippen molar-refractivity contribution < 1.29 is 19.1 Å². The van der Waals surface area contributed by atoms with Crippen molar-refractivity contribution >= 4 is 75.4 Å². The van der Waals surface area contributed by atoms with Gasteiger partial charge in [0.2, 0.25) is 5.91 Å². The minimum absolute atomic E-state index is 0.0867. The third-order valence-corrected chi connectivity index (χ3v) is 6.79. The molecule has 184 valence electrons. The molecule has 0 bridgehead atoms. The van der Waals surface area contributed by atoms with Crippen molar-refractivity contribution in [2.24, 2.45) is 0 Å². The van der Waals surface area contributed by atoms with Gasteiger partial charge in [0.25, 0.3) is 5.91 Å². The molecule has 3 aromatic carbocycles. The highest BCUT2D eigenvalue weighted by Crippen LogP contribution is 2.27. The third kappa shape index (κ3) is 6.37. The highest BCUT2D eigenvalue weighted by Gasteiger charge is 2.35. The standard InChI is InChI=1S/C26H20Cl2IN3O4/c1-15-3-2-4-18(9-15)30-24(33)13-32-25(34)22(31-26(32)35)12-16-6-8-23(21(29)11-16)36-14-17-5-7-19(27)20(28)10-17/h2-12H,13-14H2,1H3,(H,30,33)(H,31,35)/b22-12+. The molecule has 36 heavy (non-hydrogen) atoms. The van der Waals surface area contributed by atoms with Gasteiger partial charge in [-0.3, -0.25) is 9.59 Å². The topological polar surface area (TPSA) is 87.7 Å². The number of hydrogen-bond acceptors (Lipinski definition) is 4. The summed E-state index contributed by atoms with van der Waals surface area (Å²) < 4.78 is 6.69. The molecule has 1 fully saturated rings. The molecule has 4 rings (SSSR count). The number of nitrogens with zero attached hydrogens (tertiary/aromatic N) is 1. The van der Waals surface area contributed by atoms with Crippen molar-refractivity contribution in [2.45, 2.75) is 13.5 Å². The van der Waals surface area contributed by atoms with Crippen LogP contribution in [0.5, 0.6) is 5.75 Å². The Labute approximate surface area is 231 Å². The first kappa shape index (κ1) is 26.0. The lowest BCUT2D eigenvalue weighted by molar-refractivity contribution is -0.127. The number of amides is 4. The molecule has 1 aliphatic heterocycles. The maximum Gasteiger partial charge on any atom is 0.329 e. The number of ether oxygens (including phenoxy) is 1. The molecule has 0 radical (unpaired) electrons. The predicted molar refractivity (Wildman–Crippen MR) is 148 cm³/mol. The summed E-state index contributed by atoms with van der Waals surface area (Å²) in [5.41, 5.74) is 3.23. The third-order valence-electron chi connectivity index (χ3n) is 5.21. The van der Waals surface area contributed by atoms with Gasteiger partial charge in [-0.1, -0.05) is 47.5 Å². The molecule has 0 aliphatic carbocycles. The molecule has 1 saturated heterocycles. The van der Waals surface area contributed by atoms with E-state index in [1.807, 2.05) is 31.2 Å². The minimum Gasteiger partial charge on any atom is -0.488 e. The van der Waals surface area contributed by atoms with Crippen LogP contribution < -0.4 is 15.4 Å². The second-order valence-corrected chi connectivity index (χ2v) is 10.0. The lowest BCUT2D eigenvalue weighted by Crippen LogP contribution is -2.38. The number of urea groups is 1. The van der Waals surface area contributed by atoms with E-state index in [-0.39, 0.29) is 5.70 Å². The predicted octanol–water partition coefficient (Wildman–Crippen LogP) is 6.02. The Kier molecular flexibility index (Phi) is 8.17. The van der Waals surface area contributed by atoms with Crippen LogP contribution in [0.1, 0.15) is 16.7 Å². The zero-order chi connectivity index (χ0) is 25.8. The molecule has 1 heterocycles. The van der Waals surface area contributed by atoms with Gasteiger partial charge in [-0.25, -0.2) is 9.69 Å². The first-order valence-corrected chi connectivity index (χ1v) is 12.6. The summed E-state index contributed by atoms with van der Waals surface area (Å²) in [5.74, 6) is -0.391. The highest BCUT2D eigenvalue weighted by atomic mass is 127. The van der Waals surface area contributed by atoms with Crippen molar-refractivity contribution in [1.29, 1.82) is 0 Å². The molecular formula is C26H20Cl2IN3O4. The molecule has 4 amide bonds. The van der Waals surface area contributed by atoms with Crippen LogP contribution in [0.15, 0.2) is 66.4 Å². The van der Waals surface area contributed by atoms with Crippen molar-refractivity contribution in [3.05, 3.63) is 96.7 Å². The fraction of sp³-hybridized carbons (Fsp3) is 0.115. The van der Waals surface area contributed by atoms with E-state index in [0.717, 1.165) is 19.6 Å². The number of rotatable bonds is 7. The van der Waals surface area contributed by atoms with E-state index in [4.69, 9.17) is 27.9 Å². The van der Waals surface area contributed by atoms with Gasteiger partial charge in [0.05, 0.1) is 13.6 Å². The van der Waals surface area contributed by atoms with Crippen LogP contribution in [-0.4, -0.2) is 29.3 Å². The van der Waals surface area contributed by atoms with Crippen molar-refractivity contribution in [2.75, 3.05) is 11.9 Å². The number of imide groups is 1. The van der Waals surface area contributed by atoms with Crippen LogP contribution in [0, 0.1) is 10.5 Å².